The van der Waals surface area contributed by atoms with Crippen LogP contribution in [0, 0.1) is 5.92 Å². The Labute approximate surface area is 73.9 Å². The number of hydrogen-bond donors (Lipinski definition) is 0. The lowest BCUT2D eigenvalue weighted by Gasteiger charge is -2.20. The molecule has 0 saturated heterocycles. The Hall–Kier alpha value is -0.540. The van der Waals surface area contributed by atoms with Crippen LogP contribution in [-0.4, -0.2) is 26.5 Å². The summed E-state index contributed by atoms with van der Waals surface area (Å²) in [6.45, 7) is 0. The molecule has 0 bridgehead atoms. The minimum Gasteiger partial charge on any atom is -0.195 e. The molecule has 0 unspecified atom stereocenters. The predicted octanol–water partition coefficient (Wildman–Crippen LogP) is 2.03. The Morgan fingerprint density at radius 3 is 1.29 bits per heavy atom. The maximum atomic E-state index is 11.7. The van der Waals surface area contributed by atoms with Crippen molar-refractivity contribution >= 4 is 10.2 Å². The third-order valence-electron chi connectivity index (χ3n) is 1.16. The molecule has 0 aromatic heterocycles. The first kappa shape index (κ1) is 13.5. The maximum absolute atomic E-state index is 11.7. The zero-order valence-electron chi connectivity index (χ0n) is 6.15. The summed E-state index contributed by atoms with van der Waals surface area (Å²) in [5.41, 5.74) is 0. The van der Waals surface area contributed by atoms with E-state index in [1.54, 1.807) is 0 Å². The van der Waals surface area contributed by atoms with Crippen LogP contribution < -0.4 is 0 Å². The van der Waals surface area contributed by atoms with Crippen LogP contribution in [0.5, 0.6) is 0 Å². The first-order valence-corrected chi connectivity index (χ1v) is 4.45. The Morgan fingerprint density at radius 2 is 1.21 bits per heavy atom. The molecule has 0 fully saturated rings. The Bertz CT molecular complexity index is 272. The van der Waals surface area contributed by atoms with E-state index in [0.717, 1.165) is 0 Å². The molecule has 0 radical (unpaired) electrons. The normalized spacial score (nSPS) is 14.9. The first-order valence-electron chi connectivity index (χ1n) is 2.90. The Kier molecular flexibility index (Phi) is 3.42. The van der Waals surface area contributed by atoms with Gasteiger partial charge in [0, 0.05) is 0 Å². The van der Waals surface area contributed by atoms with E-state index in [9.17, 15) is 38.6 Å². The predicted molar refractivity (Wildman–Crippen MR) is 30.5 cm³/mol. The molecular formula is C4H3F7O2S. The quantitative estimate of drug-likeness (QED) is 0.553. The van der Waals surface area contributed by atoms with Gasteiger partial charge in [0.2, 0.25) is 0 Å². The van der Waals surface area contributed by atoms with Gasteiger partial charge in [-0.15, -0.1) is 3.89 Å². The zero-order chi connectivity index (χ0) is 11.8. The standard InChI is InChI=1S/C4H3F7O2S/c5-3(6,7)2(4(8,9)10)1-14(11,12)13/h2H,1H2. The topological polar surface area (TPSA) is 34.1 Å². The van der Waals surface area contributed by atoms with Gasteiger partial charge in [0.1, 0.15) is 5.75 Å². The summed E-state index contributed by atoms with van der Waals surface area (Å²) in [5, 5.41) is 0. The fraction of sp³-hybridized carbons (Fsp3) is 1.00. The van der Waals surface area contributed by atoms with Gasteiger partial charge in [0.15, 0.2) is 5.92 Å². The van der Waals surface area contributed by atoms with Crippen molar-refractivity contribution in [3.05, 3.63) is 0 Å². The molecule has 0 heterocycles. The van der Waals surface area contributed by atoms with Crippen LogP contribution in [-0.2, 0) is 10.2 Å². The van der Waals surface area contributed by atoms with Crippen molar-refractivity contribution in [3.8, 4) is 0 Å². The number of alkyl halides is 6. The van der Waals surface area contributed by atoms with E-state index in [2.05, 4.69) is 0 Å². The average molecular weight is 248 g/mol. The second-order valence-electron chi connectivity index (χ2n) is 2.34. The van der Waals surface area contributed by atoms with E-state index in [4.69, 9.17) is 0 Å². The second kappa shape index (κ2) is 3.55. The molecule has 0 amide bonds. The molecule has 10 heteroatoms. The minimum absolute atomic E-state index is 2.64. The SMILES string of the molecule is O=S(=O)(F)CC(C(F)(F)F)C(F)(F)F. The van der Waals surface area contributed by atoms with E-state index in [0.29, 0.717) is 0 Å². The van der Waals surface area contributed by atoms with Crippen molar-refractivity contribution in [2.45, 2.75) is 12.4 Å². The van der Waals surface area contributed by atoms with E-state index in [1.807, 2.05) is 0 Å². The molecule has 86 valence electrons. The summed E-state index contributed by atoms with van der Waals surface area (Å²) in [6, 6.07) is 0. The molecule has 0 N–H and O–H groups in total. The summed E-state index contributed by atoms with van der Waals surface area (Å²) in [5.74, 6) is -6.83. The second-order valence-corrected chi connectivity index (χ2v) is 3.75. The first-order chi connectivity index (χ1) is 5.84. The highest BCUT2D eigenvalue weighted by atomic mass is 32.3. The third-order valence-corrected chi connectivity index (χ3v) is 1.89. The summed E-state index contributed by atoms with van der Waals surface area (Å²) in [7, 11) is -5.83. The molecule has 0 aromatic rings. The highest BCUT2D eigenvalue weighted by Gasteiger charge is 2.58. The van der Waals surface area contributed by atoms with Crippen LogP contribution in [0.4, 0.5) is 30.2 Å². The number of hydrogen-bond acceptors (Lipinski definition) is 2. The molecule has 0 spiro atoms. The smallest absolute Gasteiger partial charge is 0.195 e. The van der Waals surface area contributed by atoms with Gasteiger partial charge < -0.3 is 0 Å². The molecule has 14 heavy (non-hydrogen) atoms. The van der Waals surface area contributed by atoms with Gasteiger partial charge in [-0.2, -0.15) is 34.8 Å². The fourth-order valence-electron chi connectivity index (χ4n) is 0.574. The molecule has 0 aliphatic rings. The molecule has 2 nitrogen and oxygen atoms in total. The molecule has 0 aromatic carbocycles. The lowest BCUT2D eigenvalue weighted by atomic mass is 10.1. The number of rotatable bonds is 2. The van der Waals surface area contributed by atoms with Crippen molar-refractivity contribution < 1.29 is 38.6 Å². The van der Waals surface area contributed by atoms with Crippen molar-refractivity contribution in [2.75, 3.05) is 5.75 Å². The van der Waals surface area contributed by atoms with Crippen LogP contribution in [0.1, 0.15) is 0 Å². The lowest BCUT2D eigenvalue weighted by molar-refractivity contribution is -0.276. The highest BCUT2D eigenvalue weighted by molar-refractivity contribution is 7.86. The van der Waals surface area contributed by atoms with E-state index < -0.39 is 34.2 Å². The van der Waals surface area contributed by atoms with Crippen molar-refractivity contribution in [3.63, 3.8) is 0 Å². The van der Waals surface area contributed by atoms with Gasteiger partial charge in [-0.1, -0.05) is 0 Å². The van der Waals surface area contributed by atoms with Crippen molar-refractivity contribution in [1.82, 2.24) is 0 Å². The van der Waals surface area contributed by atoms with Gasteiger partial charge in [-0.25, -0.2) is 0 Å². The van der Waals surface area contributed by atoms with Crippen molar-refractivity contribution in [1.29, 1.82) is 0 Å². The summed E-state index contributed by atoms with van der Waals surface area (Å²) in [6.07, 6.45) is -11.7. The average Bonchev–Trinajstić information content (AvgIpc) is 1.75. The molecule has 0 atom stereocenters. The van der Waals surface area contributed by atoms with E-state index >= 15 is 0 Å². The van der Waals surface area contributed by atoms with Gasteiger partial charge in [0.05, 0.1) is 0 Å². The van der Waals surface area contributed by atoms with Crippen LogP contribution in [0.3, 0.4) is 0 Å². The summed E-state index contributed by atoms with van der Waals surface area (Å²) in [4.78, 5) is 0. The van der Waals surface area contributed by atoms with Crippen LogP contribution >= 0.6 is 0 Å². The van der Waals surface area contributed by atoms with Gasteiger partial charge in [-0.3, -0.25) is 0 Å². The third kappa shape index (κ3) is 4.63. The maximum Gasteiger partial charge on any atom is 0.401 e. The summed E-state index contributed by atoms with van der Waals surface area (Å²) >= 11 is 0. The zero-order valence-corrected chi connectivity index (χ0v) is 6.97. The van der Waals surface area contributed by atoms with Crippen LogP contribution in [0.15, 0.2) is 0 Å². The molecule has 0 rings (SSSR count). The molecular weight excluding hydrogens is 245 g/mol. The highest BCUT2D eigenvalue weighted by Crippen LogP contribution is 2.40. The Balaban J connectivity index is 4.97. The fourth-order valence-corrected chi connectivity index (χ4v) is 1.35. The van der Waals surface area contributed by atoms with Gasteiger partial charge >= 0.3 is 22.6 Å². The molecule has 0 aliphatic heterocycles. The molecule has 0 aliphatic carbocycles. The van der Waals surface area contributed by atoms with E-state index in [-0.39, 0.29) is 0 Å². The van der Waals surface area contributed by atoms with Crippen molar-refractivity contribution in [2.24, 2.45) is 5.92 Å². The van der Waals surface area contributed by atoms with E-state index in [1.165, 1.54) is 0 Å². The molecule has 0 saturated carbocycles. The van der Waals surface area contributed by atoms with Crippen LogP contribution in [0.25, 0.3) is 0 Å². The monoisotopic (exact) mass is 248 g/mol. The largest absolute Gasteiger partial charge is 0.401 e. The van der Waals surface area contributed by atoms with Gasteiger partial charge in [0.25, 0.3) is 0 Å². The van der Waals surface area contributed by atoms with Gasteiger partial charge in [-0.05, 0) is 0 Å². The lowest BCUT2D eigenvalue weighted by Crippen LogP contribution is -2.40. The Morgan fingerprint density at radius 1 is 0.929 bits per heavy atom. The van der Waals surface area contributed by atoms with Crippen LogP contribution in [0.2, 0.25) is 0 Å². The minimum atomic E-state index is -5.84. The number of halogens is 7. The summed E-state index contributed by atoms with van der Waals surface area (Å²) < 4.78 is 101.